The number of methoxy groups -OCH3 is 1. The molecule has 96 valence electrons. The molecule has 0 saturated heterocycles. The van der Waals surface area contributed by atoms with Gasteiger partial charge in [-0.25, -0.2) is 0 Å². The van der Waals surface area contributed by atoms with Gasteiger partial charge < -0.3 is 10.1 Å². The fraction of sp³-hybridized carbons (Fsp3) is 0.455. The molecule has 0 bridgehead atoms. The Balaban J connectivity index is 2.77. The molecular weight excluding hydrogens is 255 g/mol. The normalized spacial score (nSPS) is 11.6. The van der Waals surface area contributed by atoms with E-state index in [0.717, 1.165) is 6.07 Å². The highest BCUT2D eigenvalue weighted by Crippen LogP contribution is 2.36. The molecule has 1 aromatic rings. The van der Waals surface area contributed by atoms with Crippen molar-refractivity contribution in [1.82, 2.24) is 0 Å². The van der Waals surface area contributed by atoms with E-state index in [2.05, 4.69) is 5.32 Å². The zero-order valence-corrected chi connectivity index (χ0v) is 10.0. The highest BCUT2D eigenvalue weighted by Gasteiger charge is 2.33. The maximum absolute atomic E-state index is 12.7. The Morgan fingerprint density at radius 3 is 2.65 bits per heavy atom. The SMILES string of the molecule is COCCCNc1ccc(Cl)cc1C(F)(F)F. The number of hydrogen-bond acceptors (Lipinski definition) is 2. The van der Waals surface area contributed by atoms with Crippen molar-refractivity contribution < 1.29 is 17.9 Å². The number of halogens is 4. The second-order valence-corrected chi connectivity index (χ2v) is 3.90. The maximum Gasteiger partial charge on any atom is 0.418 e. The van der Waals surface area contributed by atoms with Crippen LogP contribution < -0.4 is 5.32 Å². The molecule has 0 saturated carbocycles. The highest BCUT2D eigenvalue weighted by atomic mass is 35.5. The summed E-state index contributed by atoms with van der Waals surface area (Å²) >= 11 is 5.56. The average Bonchev–Trinajstić information content (AvgIpc) is 2.25. The predicted octanol–water partition coefficient (Wildman–Crippen LogP) is 3.81. The van der Waals surface area contributed by atoms with Crippen molar-refractivity contribution in [3.63, 3.8) is 0 Å². The van der Waals surface area contributed by atoms with E-state index in [4.69, 9.17) is 16.3 Å². The first-order valence-corrected chi connectivity index (χ1v) is 5.42. The summed E-state index contributed by atoms with van der Waals surface area (Å²) < 4.78 is 42.9. The van der Waals surface area contributed by atoms with Crippen LogP contribution in [0.25, 0.3) is 0 Å². The van der Waals surface area contributed by atoms with Crippen molar-refractivity contribution >= 4 is 17.3 Å². The van der Waals surface area contributed by atoms with Gasteiger partial charge in [0.25, 0.3) is 0 Å². The van der Waals surface area contributed by atoms with E-state index in [1.54, 1.807) is 7.11 Å². The van der Waals surface area contributed by atoms with Crippen LogP contribution >= 0.6 is 11.6 Å². The molecule has 1 N–H and O–H groups in total. The molecule has 0 fully saturated rings. The zero-order valence-electron chi connectivity index (χ0n) is 9.27. The molecule has 6 heteroatoms. The van der Waals surface area contributed by atoms with E-state index in [1.165, 1.54) is 12.1 Å². The molecule has 0 aliphatic carbocycles. The molecule has 2 nitrogen and oxygen atoms in total. The lowest BCUT2D eigenvalue weighted by Crippen LogP contribution is -2.12. The Morgan fingerprint density at radius 2 is 2.06 bits per heavy atom. The molecule has 0 atom stereocenters. The third-order valence-electron chi connectivity index (χ3n) is 2.13. The van der Waals surface area contributed by atoms with Crippen LogP contribution in [0.15, 0.2) is 18.2 Å². The Labute approximate surface area is 103 Å². The number of alkyl halides is 3. The second kappa shape index (κ2) is 6.12. The fourth-order valence-corrected chi connectivity index (χ4v) is 1.52. The van der Waals surface area contributed by atoms with Crippen molar-refractivity contribution in [3.05, 3.63) is 28.8 Å². The lowest BCUT2D eigenvalue weighted by molar-refractivity contribution is -0.136. The number of benzene rings is 1. The van der Waals surface area contributed by atoms with Gasteiger partial charge in [-0.1, -0.05) is 11.6 Å². The van der Waals surface area contributed by atoms with Crippen molar-refractivity contribution in [2.45, 2.75) is 12.6 Å². The van der Waals surface area contributed by atoms with Gasteiger partial charge in [-0.3, -0.25) is 0 Å². The molecule has 0 aliphatic rings. The third-order valence-corrected chi connectivity index (χ3v) is 2.36. The molecule has 1 rings (SSSR count). The van der Waals surface area contributed by atoms with Crippen LogP contribution in [0.1, 0.15) is 12.0 Å². The van der Waals surface area contributed by atoms with Gasteiger partial charge in [-0.15, -0.1) is 0 Å². The van der Waals surface area contributed by atoms with Crippen molar-refractivity contribution in [1.29, 1.82) is 0 Å². The quantitative estimate of drug-likeness (QED) is 0.819. The first-order chi connectivity index (χ1) is 7.95. The summed E-state index contributed by atoms with van der Waals surface area (Å²) in [5.41, 5.74) is -0.708. The average molecular weight is 268 g/mol. The van der Waals surface area contributed by atoms with Gasteiger partial charge >= 0.3 is 6.18 Å². The fourth-order valence-electron chi connectivity index (χ4n) is 1.34. The van der Waals surface area contributed by atoms with Crippen molar-refractivity contribution in [2.75, 3.05) is 25.6 Å². The Hall–Kier alpha value is -0.940. The second-order valence-electron chi connectivity index (χ2n) is 3.46. The highest BCUT2D eigenvalue weighted by molar-refractivity contribution is 6.30. The molecule has 0 unspecified atom stereocenters. The Bertz CT molecular complexity index is 368. The van der Waals surface area contributed by atoms with Crippen LogP contribution in [0.5, 0.6) is 0 Å². The minimum Gasteiger partial charge on any atom is -0.385 e. The van der Waals surface area contributed by atoms with E-state index in [9.17, 15) is 13.2 Å². The number of nitrogens with one attached hydrogen (secondary N) is 1. The molecule has 17 heavy (non-hydrogen) atoms. The molecule has 0 aliphatic heterocycles. The number of hydrogen-bond donors (Lipinski definition) is 1. The molecule has 1 aromatic carbocycles. The van der Waals surface area contributed by atoms with Gasteiger partial charge in [0.1, 0.15) is 0 Å². The molecule has 0 heterocycles. The van der Waals surface area contributed by atoms with Crippen LogP contribution in [0, 0.1) is 0 Å². The lowest BCUT2D eigenvalue weighted by Gasteiger charge is -2.14. The smallest absolute Gasteiger partial charge is 0.385 e. The minimum absolute atomic E-state index is 0.0398. The summed E-state index contributed by atoms with van der Waals surface area (Å²) in [7, 11) is 1.55. The summed E-state index contributed by atoms with van der Waals surface area (Å²) in [5, 5.41) is 2.79. The van der Waals surface area contributed by atoms with Crippen LogP contribution in [0.2, 0.25) is 5.02 Å². The molecular formula is C11H13ClF3NO. The molecule has 0 aromatic heterocycles. The van der Waals surface area contributed by atoms with Gasteiger partial charge in [0.15, 0.2) is 0 Å². The summed E-state index contributed by atoms with van der Waals surface area (Å²) in [6, 6.07) is 3.67. The first kappa shape index (κ1) is 14.1. The van der Waals surface area contributed by atoms with Gasteiger partial charge in [-0.2, -0.15) is 13.2 Å². The minimum atomic E-state index is -4.41. The number of rotatable bonds is 5. The Morgan fingerprint density at radius 1 is 1.35 bits per heavy atom. The number of ether oxygens (including phenoxy) is 1. The maximum atomic E-state index is 12.7. The van der Waals surface area contributed by atoms with E-state index < -0.39 is 11.7 Å². The third kappa shape index (κ3) is 4.44. The van der Waals surface area contributed by atoms with Crippen LogP contribution in [0.4, 0.5) is 18.9 Å². The van der Waals surface area contributed by atoms with Crippen molar-refractivity contribution in [2.24, 2.45) is 0 Å². The van der Waals surface area contributed by atoms with E-state index in [-0.39, 0.29) is 10.7 Å². The predicted molar refractivity (Wildman–Crippen MR) is 61.4 cm³/mol. The van der Waals surface area contributed by atoms with Gasteiger partial charge in [0, 0.05) is 31.0 Å². The summed E-state index contributed by atoms with van der Waals surface area (Å²) in [5.74, 6) is 0. The molecule has 0 spiro atoms. The largest absolute Gasteiger partial charge is 0.418 e. The molecule has 0 radical (unpaired) electrons. The standard InChI is InChI=1S/C11H13ClF3NO/c1-17-6-2-5-16-10-4-3-8(12)7-9(10)11(13,14)15/h3-4,7,16H,2,5-6H2,1H3. The van der Waals surface area contributed by atoms with E-state index >= 15 is 0 Å². The monoisotopic (exact) mass is 267 g/mol. The van der Waals surface area contributed by atoms with Crippen LogP contribution in [0.3, 0.4) is 0 Å². The lowest BCUT2D eigenvalue weighted by atomic mass is 10.1. The summed E-state index contributed by atoms with van der Waals surface area (Å²) in [4.78, 5) is 0. The summed E-state index contributed by atoms with van der Waals surface area (Å²) in [6.07, 6.45) is -3.77. The zero-order chi connectivity index (χ0) is 12.9. The van der Waals surface area contributed by atoms with E-state index in [1.807, 2.05) is 0 Å². The van der Waals surface area contributed by atoms with Crippen LogP contribution in [-0.4, -0.2) is 20.3 Å². The Kier molecular flexibility index (Phi) is 5.08. The van der Waals surface area contributed by atoms with Crippen molar-refractivity contribution in [3.8, 4) is 0 Å². The van der Waals surface area contributed by atoms with Gasteiger partial charge in [0.2, 0.25) is 0 Å². The van der Waals surface area contributed by atoms with Crippen LogP contribution in [-0.2, 0) is 10.9 Å². The molecule has 0 amide bonds. The summed E-state index contributed by atoms with van der Waals surface area (Å²) in [6.45, 7) is 0.917. The van der Waals surface area contributed by atoms with Gasteiger partial charge in [0.05, 0.1) is 5.56 Å². The van der Waals surface area contributed by atoms with E-state index in [0.29, 0.717) is 19.6 Å². The topological polar surface area (TPSA) is 21.3 Å². The number of anilines is 1. The first-order valence-electron chi connectivity index (χ1n) is 5.04. The van der Waals surface area contributed by atoms with Gasteiger partial charge in [-0.05, 0) is 24.6 Å².